The number of rotatable bonds is 3. The minimum absolute atomic E-state index is 0.488. The third-order valence-corrected chi connectivity index (χ3v) is 7.59. The molecule has 1 aromatic rings. The Hall–Kier alpha value is -0.0600. The van der Waals surface area contributed by atoms with E-state index in [4.69, 9.17) is 10.1 Å². The molecule has 2 heterocycles. The summed E-state index contributed by atoms with van der Waals surface area (Å²) in [6.45, 7) is 1.39. The number of carbonyl (C=O) groups is 1. The first-order chi connectivity index (χ1) is 9.56. The topological polar surface area (TPSA) is 58.4 Å². The van der Waals surface area contributed by atoms with Crippen LogP contribution in [0.5, 0.6) is 0 Å². The average Bonchev–Trinajstić information content (AvgIpc) is 3.26. The van der Waals surface area contributed by atoms with Crippen LogP contribution in [0.15, 0.2) is 0 Å². The van der Waals surface area contributed by atoms with Crippen molar-refractivity contribution in [3.8, 4) is 0 Å². The van der Waals surface area contributed by atoms with Crippen LogP contribution in [0, 0.1) is 25.2 Å². The van der Waals surface area contributed by atoms with Gasteiger partial charge >= 0.3 is 6.09 Å². The van der Waals surface area contributed by atoms with E-state index in [1.165, 1.54) is 22.4 Å². The third-order valence-electron chi connectivity index (χ3n) is 4.77. The number of piperidine rings is 1. The first-order valence-electron chi connectivity index (χ1n) is 6.96. The normalized spacial score (nSPS) is 31.5. The Morgan fingerprint density at radius 2 is 1.95 bits per heavy atom. The van der Waals surface area contributed by atoms with E-state index < -0.39 is 6.09 Å². The summed E-state index contributed by atoms with van der Waals surface area (Å²) in [5.41, 5.74) is 0. The minimum atomic E-state index is -0.774. The lowest BCUT2D eigenvalue weighted by Crippen LogP contribution is -2.30. The maximum absolute atomic E-state index is 11.0. The van der Waals surface area contributed by atoms with Crippen molar-refractivity contribution in [1.82, 2.24) is 14.5 Å². The number of aromatic nitrogens is 2. The zero-order chi connectivity index (χ0) is 14.0. The number of fused-ring (bicyclic) bond motifs is 1. The molecule has 0 spiro atoms. The van der Waals surface area contributed by atoms with E-state index in [1.54, 1.807) is 4.90 Å². The van der Waals surface area contributed by atoms with Crippen molar-refractivity contribution in [2.24, 2.45) is 17.8 Å². The smallest absolute Gasteiger partial charge is 0.407 e. The van der Waals surface area contributed by atoms with Gasteiger partial charge in [-0.1, -0.05) is 0 Å². The van der Waals surface area contributed by atoms with Crippen LogP contribution in [0.4, 0.5) is 4.79 Å². The van der Waals surface area contributed by atoms with Crippen LogP contribution in [0.1, 0.15) is 24.7 Å². The molecule has 1 N–H and O–H groups in total. The van der Waals surface area contributed by atoms with Gasteiger partial charge in [0.15, 0.2) is 0 Å². The van der Waals surface area contributed by atoms with Crippen molar-refractivity contribution in [2.75, 3.05) is 13.1 Å². The highest BCUT2D eigenvalue weighted by Gasteiger charge is 2.59. The van der Waals surface area contributed by atoms with Crippen LogP contribution in [0.2, 0.25) is 0 Å². The average molecular weight is 499 g/mol. The molecule has 0 radical (unpaired) electrons. The summed E-state index contributed by atoms with van der Waals surface area (Å²) in [6.07, 6.45) is 3.00. The Kier molecular flexibility index (Phi) is 3.21. The predicted octanol–water partition coefficient (Wildman–Crippen LogP) is 2.83. The van der Waals surface area contributed by atoms with Gasteiger partial charge in [-0.05, 0) is 63.9 Å². The highest BCUT2D eigenvalue weighted by Crippen LogP contribution is 2.56. The number of hydrogen-bond acceptors (Lipinski definition) is 2. The van der Waals surface area contributed by atoms with Crippen LogP contribution in [0.25, 0.3) is 0 Å². The molecule has 2 aliphatic carbocycles. The van der Waals surface area contributed by atoms with E-state index >= 15 is 0 Å². The van der Waals surface area contributed by atoms with Crippen LogP contribution in [-0.2, 0) is 6.42 Å². The quantitative estimate of drug-likeness (QED) is 0.652. The second kappa shape index (κ2) is 4.72. The lowest BCUT2D eigenvalue weighted by Gasteiger charge is -2.18. The number of likely N-dealkylation sites (tertiary alicyclic amines) is 1. The molecule has 1 saturated heterocycles. The van der Waals surface area contributed by atoms with Crippen molar-refractivity contribution in [3.05, 3.63) is 13.2 Å². The van der Waals surface area contributed by atoms with Gasteiger partial charge in [0.2, 0.25) is 0 Å². The van der Waals surface area contributed by atoms with Crippen molar-refractivity contribution >= 4 is 51.3 Å². The maximum Gasteiger partial charge on any atom is 0.407 e. The molecule has 4 rings (SSSR count). The molecule has 0 aromatic carbocycles. The van der Waals surface area contributed by atoms with E-state index in [2.05, 4.69) is 49.7 Å². The predicted molar refractivity (Wildman–Crippen MR) is 89.7 cm³/mol. The van der Waals surface area contributed by atoms with E-state index in [-0.39, 0.29) is 0 Å². The molecule has 3 fully saturated rings. The summed E-state index contributed by atoms with van der Waals surface area (Å²) in [4.78, 5) is 17.3. The molecular weight excluding hydrogens is 484 g/mol. The molecular formula is C13H15I2N3O2. The fourth-order valence-electron chi connectivity index (χ4n) is 3.49. The summed E-state index contributed by atoms with van der Waals surface area (Å²) in [6, 6.07) is 0.488. The van der Waals surface area contributed by atoms with Crippen LogP contribution >= 0.6 is 45.2 Å². The van der Waals surface area contributed by atoms with Gasteiger partial charge in [-0.15, -0.1) is 0 Å². The van der Waals surface area contributed by atoms with E-state index in [0.717, 1.165) is 16.0 Å². The molecule has 5 nitrogen and oxygen atoms in total. The van der Waals surface area contributed by atoms with Crippen molar-refractivity contribution in [2.45, 2.75) is 25.3 Å². The van der Waals surface area contributed by atoms with Gasteiger partial charge in [0.1, 0.15) is 13.2 Å². The second-order valence-corrected chi connectivity index (χ2v) is 8.18. The molecule has 3 atom stereocenters. The van der Waals surface area contributed by atoms with Crippen molar-refractivity contribution < 1.29 is 9.90 Å². The van der Waals surface area contributed by atoms with Gasteiger partial charge < -0.3 is 14.6 Å². The third kappa shape index (κ3) is 2.15. The highest BCUT2D eigenvalue weighted by molar-refractivity contribution is 14.1. The van der Waals surface area contributed by atoms with Gasteiger partial charge in [0.25, 0.3) is 0 Å². The molecule has 20 heavy (non-hydrogen) atoms. The van der Waals surface area contributed by atoms with Crippen molar-refractivity contribution in [3.63, 3.8) is 0 Å². The van der Waals surface area contributed by atoms with E-state index in [9.17, 15) is 4.79 Å². The van der Waals surface area contributed by atoms with Gasteiger partial charge in [0.05, 0.1) is 0 Å². The summed E-state index contributed by atoms with van der Waals surface area (Å²) in [5.74, 6) is 3.06. The summed E-state index contributed by atoms with van der Waals surface area (Å²) in [5, 5.41) is 9.05. The number of nitrogens with zero attached hydrogens (tertiary/aromatic N) is 3. The first kappa shape index (κ1) is 13.6. The molecule has 1 amide bonds. The summed E-state index contributed by atoms with van der Waals surface area (Å²) < 4.78 is 4.74. The number of carboxylic acid groups (broad SMARTS) is 1. The van der Waals surface area contributed by atoms with Gasteiger partial charge in [0, 0.05) is 37.4 Å². The molecule has 108 valence electrons. The van der Waals surface area contributed by atoms with Gasteiger partial charge in [-0.2, -0.15) is 0 Å². The molecule has 2 saturated carbocycles. The minimum Gasteiger partial charge on any atom is -0.465 e. The molecule has 3 aliphatic rings. The maximum atomic E-state index is 11.0. The lowest BCUT2D eigenvalue weighted by molar-refractivity contribution is 0.148. The Morgan fingerprint density at radius 1 is 1.30 bits per heavy atom. The standard InChI is InChI=1S/C13H15I2N3O2/c14-11-12(15)18(9(16-11)3-6-1-2-6)10-7-4-17(13(19)20)5-8(7)10/h6-8,10H,1-5H2,(H,19,20)/t7-,8+,10?. The summed E-state index contributed by atoms with van der Waals surface area (Å²) in [7, 11) is 0. The Labute approximate surface area is 144 Å². The Balaban J connectivity index is 1.57. The number of amides is 1. The highest BCUT2D eigenvalue weighted by atomic mass is 127. The fourth-order valence-corrected chi connectivity index (χ4v) is 4.75. The van der Waals surface area contributed by atoms with Crippen LogP contribution in [-0.4, -0.2) is 38.7 Å². The molecule has 0 bridgehead atoms. The molecule has 1 aromatic heterocycles. The van der Waals surface area contributed by atoms with E-state index in [1.807, 2.05) is 0 Å². The molecule has 1 aliphatic heterocycles. The SMILES string of the molecule is O=C(O)N1C[C@@H]2C(n3c(CC4CC4)nc(I)c3I)[C@@H]2C1. The second-order valence-electron chi connectivity index (χ2n) is 6.13. The Bertz CT molecular complexity index is 572. The van der Waals surface area contributed by atoms with Gasteiger partial charge in [-0.3, -0.25) is 0 Å². The van der Waals surface area contributed by atoms with E-state index in [0.29, 0.717) is 31.0 Å². The van der Waals surface area contributed by atoms with Crippen LogP contribution in [0.3, 0.4) is 0 Å². The van der Waals surface area contributed by atoms with Gasteiger partial charge in [-0.25, -0.2) is 9.78 Å². The lowest BCUT2D eigenvalue weighted by atomic mass is 10.2. The number of imidazole rings is 1. The van der Waals surface area contributed by atoms with Crippen LogP contribution < -0.4 is 0 Å². The molecule has 1 unspecified atom stereocenters. The van der Waals surface area contributed by atoms with Crippen molar-refractivity contribution in [1.29, 1.82) is 0 Å². The fraction of sp³-hybridized carbons (Fsp3) is 0.692. The summed E-state index contributed by atoms with van der Waals surface area (Å²) >= 11 is 4.70. The number of halogens is 2. The number of hydrogen-bond donors (Lipinski definition) is 1. The Morgan fingerprint density at radius 3 is 2.50 bits per heavy atom. The molecule has 7 heteroatoms. The zero-order valence-electron chi connectivity index (χ0n) is 10.8. The monoisotopic (exact) mass is 499 g/mol. The first-order valence-corrected chi connectivity index (χ1v) is 9.12. The largest absolute Gasteiger partial charge is 0.465 e. The zero-order valence-corrected chi connectivity index (χ0v) is 15.1.